The summed E-state index contributed by atoms with van der Waals surface area (Å²) in [6, 6.07) is 0. The Bertz CT molecular complexity index is 746. The average Bonchev–Trinajstić information content (AvgIpc) is 3.02. The second kappa shape index (κ2) is 15.2. The number of hydrogen-bond acceptors (Lipinski definition) is 9. The quantitative estimate of drug-likeness (QED) is 0.278. The molecule has 5 rings (SSSR count). The van der Waals surface area contributed by atoms with Gasteiger partial charge in [-0.1, -0.05) is 34.6 Å². The van der Waals surface area contributed by atoms with Crippen LogP contribution in [0.2, 0.25) is 0 Å². The molecule has 3 saturated carbocycles. The van der Waals surface area contributed by atoms with Crippen LogP contribution in [-0.4, -0.2) is 96.1 Å². The van der Waals surface area contributed by atoms with Gasteiger partial charge in [-0.05, 0) is 100 Å². The maximum atomic E-state index is 9.92. The lowest BCUT2D eigenvalue weighted by Crippen LogP contribution is -2.56. The fourth-order valence-corrected chi connectivity index (χ4v) is 8.50. The Morgan fingerprint density at radius 1 is 0.477 bits per heavy atom. The van der Waals surface area contributed by atoms with E-state index in [1.165, 1.54) is 0 Å². The third-order valence-corrected chi connectivity index (χ3v) is 12.0. The zero-order valence-corrected chi connectivity index (χ0v) is 28.2. The molecule has 3 aliphatic carbocycles. The van der Waals surface area contributed by atoms with Gasteiger partial charge in [-0.2, -0.15) is 0 Å². The standard InChI is InChI=1S/C20H36O3.C15H28O6/c1-20(14-2-8-17(21)9-3-14,15-4-10-18(22)11-5-15)16-6-12-19(23)13-7-16;1-13(2,5-16)11-18-7-15(8-19-11)9-20-12(21-10-15)14(3,4)6-17/h14-19,21-23H,2-13H2,1H3;11-12,16-17H,5-10H2,1-4H3. The largest absolute Gasteiger partial charge is 0.396 e. The van der Waals surface area contributed by atoms with E-state index in [0.717, 1.165) is 77.0 Å². The van der Waals surface area contributed by atoms with Crippen molar-refractivity contribution in [1.82, 2.24) is 0 Å². The van der Waals surface area contributed by atoms with Gasteiger partial charge in [0.15, 0.2) is 12.6 Å². The van der Waals surface area contributed by atoms with Crippen LogP contribution in [0.5, 0.6) is 0 Å². The summed E-state index contributed by atoms with van der Waals surface area (Å²) in [6.45, 7) is 12.1. The Kier molecular flexibility index (Phi) is 12.6. The van der Waals surface area contributed by atoms with Crippen molar-refractivity contribution in [3.8, 4) is 0 Å². The molecule has 9 nitrogen and oxygen atoms in total. The van der Waals surface area contributed by atoms with Crippen LogP contribution in [0.15, 0.2) is 0 Å². The molecule has 2 heterocycles. The average molecular weight is 629 g/mol. The molecule has 0 bridgehead atoms. The first-order valence-corrected chi connectivity index (χ1v) is 17.5. The van der Waals surface area contributed by atoms with Crippen molar-refractivity contribution in [3.05, 3.63) is 0 Å². The van der Waals surface area contributed by atoms with Gasteiger partial charge in [0, 0.05) is 10.8 Å². The highest BCUT2D eigenvalue weighted by Gasteiger charge is 2.49. The Morgan fingerprint density at radius 2 is 0.727 bits per heavy atom. The van der Waals surface area contributed by atoms with Gasteiger partial charge in [0.25, 0.3) is 0 Å². The van der Waals surface area contributed by atoms with Crippen molar-refractivity contribution in [3.63, 3.8) is 0 Å². The summed E-state index contributed by atoms with van der Waals surface area (Å²) in [5.41, 5.74) is -0.830. The second-order valence-electron chi connectivity index (χ2n) is 16.6. The number of rotatable bonds is 7. The molecule has 2 aliphatic heterocycles. The molecule has 1 spiro atoms. The predicted octanol–water partition coefficient (Wildman–Crippen LogP) is 4.40. The van der Waals surface area contributed by atoms with Crippen LogP contribution in [0.1, 0.15) is 112 Å². The van der Waals surface area contributed by atoms with E-state index in [4.69, 9.17) is 18.9 Å². The predicted molar refractivity (Wildman–Crippen MR) is 168 cm³/mol. The normalized spacial score (nSPS) is 40.5. The molecule has 0 amide bonds. The first-order valence-electron chi connectivity index (χ1n) is 17.5. The molecule has 0 unspecified atom stereocenters. The maximum Gasteiger partial charge on any atom is 0.164 e. The third-order valence-electron chi connectivity index (χ3n) is 12.0. The molecule has 5 N–H and O–H groups in total. The van der Waals surface area contributed by atoms with Crippen molar-refractivity contribution in [2.75, 3.05) is 39.6 Å². The highest BCUT2D eigenvalue weighted by molar-refractivity contribution is 4.98. The van der Waals surface area contributed by atoms with E-state index >= 15 is 0 Å². The number of hydrogen-bond donors (Lipinski definition) is 5. The van der Waals surface area contributed by atoms with Gasteiger partial charge in [0.05, 0.1) is 63.4 Å². The van der Waals surface area contributed by atoms with Gasteiger partial charge in [0.2, 0.25) is 0 Å². The van der Waals surface area contributed by atoms with Gasteiger partial charge in [-0.25, -0.2) is 0 Å². The highest BCUT2D eigenvalue weighted by Crippen LogP contribution is 2.56. The summed E-state index contributed by atoms with van der Waals surface area (Å²) in [5, 5.41) is 48.5. The SMILES string of the molecule is CC(C)(CO)C1OCC2(CO1)COC(C(C)(C)CO)OC2.CC(C1CCC(O)CC1)(C1CCC(O)CC1)C1CCC(O)CC1. The zero-order chi connectivity index (χ0) is 32.2. The first kappa shape index (κ1) is 36.5. The Hall–Kier alpha value is -0.360. The van der Waals surface area contributed by atoms with E-state index in [2.05, 4.69) is 6.92 Å². The van der Waals surface area contributed by atoms with Crippen LogP contribution in [-0.2, 0) is 18.9 Å². The molecule has 0 atom stereocenters. The van der Waals surface area contributed by atoms with E-state index in [1.807, 2.05) is 27.7 Å². The van der Waals surface area contributed by atoms with Gasteiger partial charge in [-0.3, -0.25) is 0 Å². The van der Waals surface area contributed by atoms with Crippen LogP contribution in [0.25, 0.3) is 0 Å². The van der Waals surface area contributed by atoms with Gasteiger partial charge in [0.1, 0.15) is 0 Å². The number of aliphatic hydroxyl groups excluding tert-OH is 5. The topological polar surface area (TPSA) is 138 Å². The molecule has 5 aliphatic rings. The third kappa shape index (κ3) is 8.56. The Morgan fingerprint density at radius 3 is 0.955 bits per heavy atom. The molecule has 44 heavy (non-hydrogen) atoms. The van der Waals surface area contributed by atoms with Crippen molar-refractivity contribution in [1.29, 1.82) is 0 Å². The summed E-state index contributed by atoms with van der Waals surface area (Å²) in [6.07, 6.45) is 11.7. The van der Waals surface area contributed by atoms with E-state index < -0.39 is 23.4 Å². The lowest BCUT2D eigenvalue weighted by Gasteiger charge is -2.54. The van der Waals surface area contributed by atoms with Crippen molar-refractivity contribution < 1.29 is 44.5 Å². The summed E-state index contributed by atoms with van der Waals surface area (Å²) in [5.74, 6) is 2.14. The lowest BCUT2D eigenvalue weighted by molar-refractivity contribution is -0.337. The van der Waals surface area contributed by atoms with E-state index in [9.17, 15) is 25.5 Å². The highest BCUT2D eigenvalue weighted by atomic mass is 16.7. The Balaban J connectivity index is 0.000000202. The first-order chi connectivity index (χ1) is 20.7. The minimum atomic E-state index is -0.431. The van der Waals surface area contributed by atoms with Crippen LogP contribution in [0, 0.1) is 39.4 Å². The molecule has 258 valence electrons. The van der Waals surface area contributed by atoms with Crippen LogP contribution in [0.4, 0.5) is 0 Å². The van der Waals surface area contributed by atoms with Crippen molar-refractivity contribution >= 4 is 0 Å². The summed E-state index contributed by atoms with van der Waals surface area (Å²) in [7, 11) is 0. The minimum Gasteiger partial charge on any atom is -0.396 e. The lowest BCUT2D eigenvalue weighted by atomic mass is 9.52. The smallest absolute Gasteiger partial charge is 0.164 e. The molecule has 0 aromatic rings. The van der Waals surface area contributed by atoms with Crippen LogP contribution < -0.4 is 0 Å². The molecular weight excluding hydrogens is 564 g/mol. The van der Waals surface area contributed by atoms with Crippen LogP contribution in [0.3, 0.4) is 0 Å². The van der Waals surface area contributed by atoms with Crippen LogP contribution >= 0.6 is 0 Å². The van der Waals surface area contributed by atoms with Gasteiger partial charge < -0.3 is 44.5 Å². The van der Waals surface area contributed by atoms with E-state index in [0.29, 0.717) is 49.6 Å². The van der Waals surface area contributed by atoms with E-state index in [1.54, 1.807) is 0 Å². The van der Waals surface area contributed by atoms with Crippen molar-refractivity contribution in [2.45, 2.75) is 143 Å². The van der Waals surface area contributed by atoms with Gasteiger partial charge in [-0.15, -0.1) is 0 Å². The monoisotopic (exact) mass is 628 g/mol. The molecular formula is C35H64O9. The molecule has 0 aromatic heterocycles. The molecule has 5 fully saturated rings. The maximum absolute atomic E-state index is 9.92. The molecule has 2 saturated heterocycles. The summed E-state index contributed by atoms with van der Waals surface area (Å²) < 4.78 is 23.1. The fourth-order valence-electron chi connectivity index (χ4n) is 8.50. The molecule has 9 heteroatoms. The Labute approximate surface area is 266 Å². The minimum absolute atomic E-state index is 0.00440. The zero-order valence-electron chi connectivity index (χ0n) is 28.2. The number of aliphatic hydroxyl groups is 5. The summed E-state index contributed by atoms with van der Waals surface area (Å²) >= 11 is 0. The summed E-state index contributed by atoms with van der Waals surface area (Å²) in [4.78, 5) is 0. The fraction of sp³-hybridized carbons (Fsp3) is 1.00. The number of ether oxygens (including phenoxy) is 4. The van der Waals surface area contributed by atoms with Gasteiger partial charge >= 0.3 is 0 Å². The second-order valence-corrected chi connectivity index (χ2v) is 16.6. The van der Waals surface area contributed by atoms with Crippen molar-refractivity contribution in [2.24, 2.45) is 39.4 Å². The molecule has 0 aromatic carbocycles. The van der Waals surface area contributed by atoms with E-state index in [-0.39, 0.29) is 36.9 Å². The molecule has 0 radical (unpaired) electrons.